The maximum absolute atomic E-state index is 12.9. The highest BCUT2D eigenvalue weighted by Crippen LogP contribution is 2.29. The topological polar surface area (TPSA) is 78.5 Å². The van der Waals surface area contributed by atoms with Gasteiger partial charge in [-0.15, -0.1) is 0 Å². The molecule has 160 valence electrons. The molecule has 1 saturated heterocycles. The van der Waals surface area contributed by atoms with E-state index in [9.17, 15) is 13.2 Å². The van der Waals surface area contributed by atoms with E-state index in [0.717, 1.165) is 45.2 Å². The van der Waals surface area contributed by atoms with E-state index in [2.05, 4.69) is 21.0 Å². The second-order valence-electron chi connectivity index (χ2n) is 7.89. The van der Waals surface area contributed by atoms with Crippen LogP contribution in [0.1, 0.15) is 68.6 Å². The fraction of sp³-hybridized carbons (Fsp3) is 0.591. The van der Waals surface area contributed by atoms with Crippen LogP contribution in [-0.2, 0) is 10.0 Å². The standard InChI is InChI=1S/C22H33N3O3S/c1-2-13-24-29(27,28)21-17-19(10-11-20(21)25-15-6-7-16-25)22(26)23-14-12-18-8-4-3-5-9-18/h8,10-11,17,24H,2-7,9,12-16H2,1H3,(H,23,26). The fourth-order valence-corrected chi connectivity index (χ4v) is 5.36. The van der Waals surface area contributed by atoms with E-state index >= 15 is 0 Å². The van der Waals surface area contributed by atoms with Crippen LogP contribution in [0.4, 0.5) is 5.69 Å². The number of rotatable bonds is 9. The molecule has 0 saturated carbocycles. The van der Waals surface area contributed by atoms with E-state index in [4.69, 9.17) is 0 Å². The van der Waals surface area contributed by atoms with Crippen molar-refractivity contribution in [3.8, 4) is 0 Å². The normalized spacial score (nSPS) is 17.3. The molecule has 2 N–H and O–H groups in total. The number of hydrogen-bond acceptors (Lipinski definition) is 4. The van der Waals surface area contributed by atoms with Gasteiger partial charge in [-0.2, -0.15) is 0 Å². The molecule has 1 aromatic carbocycles. The SMILES string of the molecule is CCCNS(=O)(=O)c1cc(C(=O)NCCC2=CCCCC2)ccc1N1CCCC1. The minimum Gasteiger partial charge on any atom is -0.370 e. The van der Waals surface area contributed by atoms with Gasteiger partial charge in [-0.1, -0.05) is 18.6 Å². The Hall–Kier alpha value is -1.86. The molecule has 1 amide bonds. The lowest BCUT2D eigenvalue weighted by atomic mass is 9.97. The third kappa shape index (κ3) is 5.82. The largest absolute Gasteiger partial charge is 0.370 e. The van der Waals surface area contributed by atoms with Crippen molar-refractivity contribution >= 4 is 21.6 Å². The van der Waals surface area contributed by atoms with Crippen LogP contribution in [0.25, 0.3) is 0 Å². The van der Waals surface area contributed by atoms with E-state index < -0.39 is 10.0 Å². The number of nitrogens with one attached hydrogen (secondary N) is 2. The number of nitrogens with zero attached hydrogens (tertiary/aromatic N) is 1. The van der Waals surface area contributed by atoms with Crippen LogP contribution >= 0.6 is 0 Å². The summed E-state index contributed by atoms with van der Waals surface area (Å²) in [5, 5.41) is 2.95. The van der Waals surface area contributed by atoms with Crippen molar-refractivity contribution in [1.82, 2.24) is 10.0 Å². The van der Waals surface area contributed by atoms with Gasteiger partial charge in [0.25, 0.3) is 5.91 Å². The average molecular weight is 420 g/mol. The Morgan fingerprint density at radius 3 is 2.59 bits per heavy atom. The minimum absolute atomic E-state index is 0.204. The fourth-order valence-electron chi connectivity index (χ4n) is 3.97. The Balaban J connectivity index is 1.75. The van der Waals surface area contributed by atoms with Gasteiger partial charge in [0, 0.05) is 31.7 Å². The first-order chi connectivity index (χ1) is 14.0. The van der Waals surface area contributed by atoms with E-state index in [0.29, 0.717) is 30.8 Å². The van der Waals surface area contributed by atoms with Crippen molar-refractivity contribution in [2.75, 3.05) is 31.1 Å². The molecular weight excluding hydrogens is 386 g/mol. The van der Waals surface area contributed by atoms with Gasteiger partial charge in [-0.3, -0.25) is 4.79 Å². The molecule has 7 heteroatoms. The number of amides is 1. The number of sulfonamides is 1. The van der Waals surface area contributed by atoms with Gasteiger partial charge in [0.1, 0.15) is 4.90 Å². The lowest BCUT2D eigenvalue weighted by Crippen LogP contribution is -2.29. The van der Waals surface area contributed by atoms with Crippen LogP contribution < -0.4 is 14.9 Å². The van der Waals surface area contributed by atoms with E-state index in [-0.39, 0.29) is 10.8 Å². The van der Waals surface area contributed by atoms with Crippen LogP contribution in [-0.4, -0.2) is 40.5 Å². The van der Waals surface area contributed by atoms with Gasteiger partial charge in [-0.05, 0) is 69.6 Å². The predicted octanol–water partition coefficient (Wildman–Crippen LogP) is 3.60. The van der Waals surface area contributed by atoms with Crippen LogP contribution in [0.2, 0.25) is 0 Å². The van der Waals surface area contributed by atoms with Crippen molar-refractivity contribution in [2.45, 2.75) is 63.2 Å². The van der Waals surface area contributed by atoms with Gasteiger partial charge < -0.3 is 10.2 Å². The molecule has 0 aromatic heterocycles. The number of benzene rings is 1. The summed E-state index contributed by atoms with van der Waals surface area (Å²) in [6.07, 6.45) is 10.7. The predicted molar refractivity (Wildman–Crippen MR) is 117 cm³/mol. The highest BCUT2D eigenvalue weighted by atomic mass is 32.2. The Labute approximate surface area is 174 Å². The molecule has 6 nitrogen and oxygen atoms in total. The van der Waals surface area contributed by atoms with Gasteiger partial charge in [0.15, 0.2) is 0 Å². The summed E-state index contributed by atoms with van der Waals surface area (Å²) in [7, 11) is -3.66. The van der Waals surface area contributed by atoms with Crippen LogP contribution in [0.3, 0.4) is 0 Å². The average Bonchev–Trinajstić information content (AvgIpc) is 3.27. The number of carbonyl (C=O) groups is 1. The first kappa shape index (κ1) is 21.8. The zero-order valence-corrected chi connectivity index (χ0v) is 18.2. The maximum Gasteiger partial charge on any atom is 0.251 e. The molecule has 1 aliphatic heterocycles. The highest BCUT2D eigenvalue weighted by molar-refractivity contribution is 7.89. The quantitative estimate of drug-likeness (QED) is 0.600. The summed E-state index contributed by atoms with van der Waals surface area (Å²) in [6.45, 7) is 4.57. The summed E-state index contributed by atoms with van der Waals surface area (Å²) in [5.74, 6) is -0.221. The first-order valence-corrected chi connectivity index (χ1v) is 12.3. The summed E-state index contributed by atoms with van der Waals surface area (Å²) in [5.41, 5.74) is 2.49. The Morgan fingerprint density at radius 2 is 1.90 bits per heavy atom. The highest BCUT2D eigenvalue weighted by Gasteiger charge is 2.25. The van der Waals surface area contributed by atoms with Gasteiger partial charge in [0.2, 0.25) is 10.0 Å². The van der Waals surface area contributed by atoms with Crippen LogP contribution in [0.5, 0.6) is 0 Å². The van der Waals surface area contributed by atoms with E-state index in [1.807, 2.05) is 6.92 Å². The van der Waals surface area contributed by atoms with Crippen LogP contribution in [0.15, 0.2) is 34.7 Å². The third-order valence-corrected chi connectivity index (χ3v) is 7.11. The summed E-state index contributed by atoms with van der Waals surface area (Å²) < 4.78 is 28.4. The van der Waals surface area contributed by atoms with Crippen LogP contribution in [0, 0.1) is 0 Å². The molecule has 0 bridgehead atoms. The minimum atomic E-state index is -3.66. The molecule has 3 rings (SSSR count). The lowest BCUT2D eigenvalue weighted by molar-refractivity contribution is 0.0954. The molecule has 0 radical (unpaired) electrons. The maximum atomic E-state index is 12.9. The zero-order chi connectivity index (χ0) is 20.7. The lowest BCUT2D eigenvalue weighted by Gasteiger charge is -2.22. The third-order valence-electron chi connectivity index (χ3n) is 5.62. The molecule has 2 aliphatic rings. The molecule has 1 aromatic rings. The van der Waals surface area contributed by atoms with Gasteiger partial charge in [0.05, 0.1) is 5.69 Å². The number of hydrogen-bond donors (Lipinski definition) is 2. The van der Waals surface area contributed by atoms with Gasteiger partial charge in [-0.25, -0.2) is 13.1 Å². The number of anilines is 1. The summed E-state index contributed by atoms with van der Waals surface area (Å²) in [4.78, 5) is 15.0. The van der Waals surface area contributed by atoms with Crippen molar-refractivity contribution in [2.24, 2.45) is 0 Å². The van der Waals surface area contributed by atoms with Crippen molar-refractivity contribution in [3.63, 3.8) is 0 Å². The molecule has 1 fully saturated rings. The summed E-state index contributed by atoms with van der Waals surface area (Å²) in [6, 6.07) is 5.05. The molecule has 29 heavy (non-hydrogen) atoms. The monoisotopic (exact) mass is 419 g/mol. The van der Waals surface area contributed by atoms with Crippen molar-refractivity contribution < 1.29 is 13.2 Å². The van der Waals surface area contributed by atoms with Crippen molar-refractivity contribution in [3.05, 3.63) is 35.4 Å². The zero-order valence-electron chi connectivity index (χ0n) is 17.4. The first-order valence-electron chi connectivity index (χ1n) is 10.9. The molecular formula is C22H33N3O3S. The second kappa shape index (κ2) is 10.3. The second-order valence-corrected chi connectivity index (χ2v) is 9.62. The van der Waals surface area contributed by atoms with Crippen molar-refractivity contribution in [1.29, 1.82) is 0 Å². The number of carbonyl (C=O) groups excluding carboxylic acids is 1. The number of allylic oxidation sites excluding steroid dienone is 1. The Bertz CT molecular complexity index is 843. The summed E-state index contributed by atoms with van der Waals surface area (Å²) >= 11 is 0. The smallest absolute Gasteiger partial charge is 0.251 e. The van der Waals surface area contributed by atoms with E-state index in [1.165, 1.54) is 24.5 Å². The molecule has 1 heterocycles. The molecule has 1 aliphatic carbocycles. The van der Waals surface area contributed by atoms with E-state index in [1.54, 1.807) is 12.1 Å². The molecule has 0 spiro atoms. The van der Waals surface area contributed by atoms with Gasteiger partial charge >= 0.3 is 0 Å². The molecule has 0 unspecified atom stereocenters. The molecule has 0 atom stereocenters. The Kier molecular flexibility index (Phi) is 7.72. The Morgan fingerprint density at radius 1 is 1.10 bits per heavy atom.